The number of halogens is 1. The lowest BCUT2D eigenvalue weighted by Crippen LogP contribution is -1.96. The molecule has 0 saturated carbocycles. The van der Waals surface area contributed by atoms with Crippen LogP contribution < -0.4 is 4.74 Å². The number of benzene rings is 2. The number of rotatable bonds is 5. The van der Waals surface area contributed by atoms with Gasteiger partial charge in [-0.25, -0.2) is 4.39 Å². The number of ether oxygens (including phenoxy) is 1. The predicted octanol–water partition coefficient (Wildman–Crippen LogP) is 3.98. The molecule has 1 heterocycles. The summed E-state index contributed by atoms with van der Waals surface area (Å²) >= 11 is 0. The zero-order chi connectivity index (χ0) is 14.5. The summed E-state index contributed by atoms with van der Waals surface area (Å²) in [5, 5.41) is 3.88. The van der Waals surface area contributed by atoms with Gasteiger partial charge in [-0.15, -0.1) is 0 Å². The molecule has 0 spiro atoms. The first-order valence-corrected chi connectivity index (χ1v) is 6.65. The van der Waals surface area contributed by atoms with Crippen LogP contribution in [0.25, 0.3) is 0 Å². The molecule has 0 atom stereocenters. The molecule has 0 fully saturated rings. The molecule has 0 radical (unpaired) electrons. The maximum atomic E-state index is 12.8. The minimum Gasteiger partial charge on any atom is -0.489 e. The minimum absolute atomic E-state index is 0.240. The van der Waals surface area contributed by atoms with Crippen LogP contribution in [-0.2, 0) is 13.0 Å². The van der Waals surface area contributed by atoms with Crippen molar-refractivity contribution in [3.63, 3.8) is 0 Å². The molecule has 21 heavy (non-hydrogen) atoms. The van der Waals surface area contributed by atoms with E-state index in [1.54, 1.807) is 18.4 Å². The molecule has 0 aliphatic heterocycles. The molecule has 0 unspecified atom stereocenters. The summed E-state index contributed by atoms with van der Waals surface area (Å²) in [7, 11) is 0. The van der Waals surface area contributed by atoms with Gasteiger partial charge in [0.2, 0.25) is 0 Å². The monoisotopic (exact) mass is 283 g/mol. The van der Waals surface area contributed by atoms with E-state index in [0.717, 1.165) is 29.0 Å². The quantitative estimate of drug-likeness (QED) is 0.710. The molecule has 3 aromatic rings. The van der Waals surface area contributed by atoms with Crippen LogP contribution in [0.1, 0.15) is 16.8 Å². The Kier molecular flexibility index (Phi) is 3.96. The van der Waals surface area contributed by atoms with Crippen LogP contribution in [0.5, 0.6) is 5.75 Å². The topological polar surface area (TPSA) is 35.3 Å². The number of aromatic nitrogens is 1. The van der Waals surface area contributed by atoms with Crippen LogP contribution in [-0.4, -0.2) is 5.16 Å². The normalized spacial score (nSPS) is 10.5. The van der Waals surface area contributed by atoms with Crippen LogP contribution >= 0.6 is 0 Å². The number of hydrogen-bond donors (Lipinski definition) is 0. The van der Waals surface area contributed by atoms with Crippen LogP contribution in [0.2, 0.25) is 0 Å². The van der Waals surface area contributed by atoms with Gasteiger partial charge >= 0.3 is 0 Å². The molecule has 0 saturated heterocycles. The first-order valence-electron chi connectivity index (χ1n) is 6.65. The largest absolute Gasteiger partial charge is 0.489 e. The van der Waals surface area contributed by atoms with E-state index in [9.17, 15) is 4.39 Å². The maximum Gasteiger partial charge on any atom is 0.124 e. The molecule has 3 rings (SSSR count). The van der Waals surface area contributed by atoms with E-state index in [0.29, 0.717) is 6.61 Å². The van der Waals surface area contributed by atoms with Gasteiger partial charge in [-0.1, -0.05) is 29.4 Å². The summed E-state index contributed by atoms with van der Waals surface area (Å²) in [6, 6.07) is 16.0. The van der Waals surface area contributed by atoms with Crippen LogP contribution in [0, 0.1) is 5.82 Å². The van der Waals surface area contributed by atoms with E-state index >= 15 is 0 Å². The fourth-order valence-corrected chi connectivity index (χ4v) is 1.99. The van der Waals surface area contributed by atoms with Gasteiger partial charge in [0.25, 0.3) is 0 Å². The molecule has 0 N–H and O–H groups in total. The molecule has 0 aliphatic rings. The fraction of sp³-hybridized carbons (Fsp3) is 0.118. The Bertz CT molecular complexity index is 676. The van der Waals surface area contributed by atoms with Crippen molar-refractivity contribution < 1.29 is 13.7 Å². The van der Waals surface area contributed by atoms with Crippen molar-refractivity contribution in [3.8, 4) is 5.75 Å². The standard InChI is InChI=1S/C17H14FNO2/c18-15-5-1-14(2-6-15)12-20-17-7-3-13(4-8-17)11-16-9-10-21-19-16/h1-10H,11-12H2. The average Bonchev–Trinajstić information content (AvgIpc) is 3.01. The molecule has 106 valence electrons. The van der Waals surface area contributed by atoms with Crippen molar-refractivity contribution in [3.05, 3.63) is 83.5 Å². The van der Waals surface area contributed by atoms with Crippen molar-refractivity contribution in [2.45, 2.75) is 13.0 Å². The Morgan fingerprint density at radius 1 is 0.905 bits per heavy atom. The van der Waals surface area contributed by atoms with Crippen molar-refractivity contribution in [2.24, 2.45) is 0 Å². The van der Waals surface area contributed by atoms with Gasteiger partial charge in [-0.3, -0.25) is 0 Å². The third-order valence-electron chi connectivity index (χ3n) is 3.12. The van der Waals surface area contributed by atoms with Gasteiger partial charge in [0.1, 0.15) is 24.4 Å². The van der Waals surface area contributed by atoms with Gasteiger partial charge in [-0.05, 0) is 35.4 Å². The summed E-state index contributed by atoms with van der Waals surface area (Å²) in [4.78, 5) is 0. The highest BCUT2D eigenvalue weighted by Gasteiger charge is 2.01. The molecule has 0 aliphatic carbocycles. The summed E-state index contributed by atoms with van der Waals surface area (Å²) in [6.07, 6.45) is 2.30. The van der Waals surface area contributed by atoms with Crippen molar-refractivity contribution in [1.29, 1.82) is 0 Å². The second-order valence-electron chi connectivity index (χ2n) is 4.73. The predicted molar refractivity (Wildman–Crippen MR) is 76.5 cm³/mol. The Balaban J connectivity index is 1.58. The highest BCUT2D eigenvalue weighted by molar-refractivity contribution is 5.29. The maximum absolute atomic E-state index is 12.8. The number of hydrogen-bond acceptors (Lipinski definition) is 3. The highest BCUT2D eigenvalue weighted by Crippen LogP contribution is 2.16. The second-order valence-corrected chi connectivity index (χ2v) is 4.73. The van der Waals surface area contributed by atoms with Crippen LogP contribution in [0.15, 0.2) is 65.4 Å². The van der Waals surface area contributed by atoms with E-state index < -0.39 is 0 Å². The lowest BCUT2D eigenvalue weighted by Gasteiger charge is -2.07. The lowest BCUT2D eigenvalue weighted by molar-refractivity contribution is 0.306. The molecular formula is C17H14FNO2. The zero-order valence-corrected chi connectivity index (χ0v) is 11.3. The Morgan fingerprint density at radius 2 is 1.62 bits per heavy atom. The highest BCUT2D eigenvalue weighted by atomic mass is 19.1. The molecule has 4 heteroatoms. The molecule has 0 amide bonds. The van der Waals surface area contributed by atoms with Crippen molar-refractivity contribution in [1.82, 2.24) is 5.16 Å². The lowest BCUT2D eigenvalue weighted by atomic mass is 10.1. The Hall–Kier alpha value is -2.62. The molecule has 3 nitrogen and oxygen atoms in total. The van der Waals surface area contributed by atoms with Gasteiger partial charge in [0.15, 0.2) is 0 Å². The fourth-order valence-electron chi connectivity index (χ4n) is 1.99. The minimum atomic E-state index is -0.240. The van der Waals surface area contributed by atoms with Crippen molar-refractivity contribution >= 4 is 0 Å². The van der Waals surface area contributed by atoms with Crippen LogP contribution in [0.3, 0.4) is 0 Å². The first kappa shape index (κ1) is 13.4. The summed E-state index contributed by atoms with van der Waals surface area (Å²) in [6.45, 7) is 0.420. The third kappa shape index (κ3) is 3.69. The summed E-state index contributed by atoms with van der Waals surface area (Å²) < 4.78 is 23.3. The van der Waals surface area contributed by atoms with Gasteiger partial charge in [0, 0.05) is 12.5 Å². The van der Waals surface area contributed by atoms with Crippen LogP contribution in [0.4, 0.5) is 4.39 Å². The SMILES string of the molecule is Fc1ccc(COc2ccc(Cc3ccon3)cc2)cc1. The third-order valence-corrected chi connectivity index (χ3v) is 3.12. The summed E-state index contributed by atoms with van der Waals surface area (Å²) in [5.41, 5.74) is 2.97. The molecule has 0 bridgehead atoms. The smallest absolute Gasteiger partial charge is 0.124 e. The average molecular weight is 283 g/mol. The van der Waals surface area contributed by atoms with Crippen molar-refractivity contribution in [2.75, 3.05) is 0 Å². The van der Waals surface area contributed by atoms with Gasteiger partial charge < -0.3 is 9.26 Å². The molecular weight excluding hydrogens is 269 g/mol. The van der Waals surface area contributed by atoms with Gasteiger partial charge in [-0.2, -0.15) is 0 Å². The molecule has 1 aromatic heterocycles. The van der Waals surface area contributed by atoms with E-state index in [2.05, 4.69) is 5.16 Å². The number of nitrogens with zero attached hydrogens (tertiary/aromatic N) is 1. The van der Waals surface area contributed by atoms with E-state index in [1.165, 1.54) is 12.1 Å². The zero-order valence-electron chi connectivity index (χ0n) is 11.3. The second kappa shape index (κ2) is 6.22. The van der Waals surface area contributed by atoms with E-state index in [1.807, 2.05) is 30.3 Å². The van der Waals surface area contributed by atoms with Gasteiger partial charge in [0.05, 0.1) is 5.69 Å². The Labute approximate surface area is 122 Å². The van der Waals surface area contributed by atoms with E-state index in [4.69, 9.17) is 9.26 Å². The van der Waals surface area contributed by atoms with E-state index in [-0.39, 0.29) is 5.82 Å². The first-order chi connectivity index (χ1) is 10.3. The Morgan fingerprint density at radius 3 is 2.29 bits per heavy atom. The summed E-state index contributed by atoms with van der Waals surface area (Å²) in [5.74, 6) is 0.541. The molecule has 2 aromatic carbocycles.